The Morgan fingerprint density at radius 3 is 2.90 bits per heavy atom. The lowest BCUT2D eigenvalue weighted by Crippen LogP contribution is -2.55. The molecule has 108 valence electrons. The molecule has 0 radical (unpaired) electrons. The first-order valence-electron chi connectivity index (χ1n) is 7.69. The van der Waals surface area contributed by atoms with Crippen LogP contribution in [0.4, 0.5) is 0 Å². The zero-order chi connectivity index (χ0) is 13.5. The van der Waals surface area contributed by atoms with Crippen molar-refractivity contribution in [3.05, 3.63) is 27.7 Å². The first kappa shape index (κ1) is 13.1. The maximum atomic E-state index is 5.82. The number of halogens is 1. The highest BCUT2D eigenvalue weighted by molar-refractivity contribution is 9.10. The van der Waals surface area contributed by atoms with Gasteiger partial charge in [0, 0.05) is 35.6 Å². The normalized spacial score (nSPS) is 31.1. The number of piperidine rings is 3. The predicted molar refractivity (Wildman–Crippen MR) is 83.1 cm³/mol. The first-order chi connectivity index (χ1) is 9.79. The number of rotatable bonds is 3. The Kier molecular flexibility index (Phi) is 3.49. The molecule has 4 heteroatoms. The van der Waals surface area contributed by atoms with Gasteiger partial charge in [0.1, 0.15) is 5.75 Å². The van der Waals surface area contributed by atoms with Gasteiger partial charge in [0.2, 0.25) is 0 Å². The molecule has 0 aromatic heterocycles. The number of benzene rings is 1. The van der Waals surface area contributed by atoms with Crippen molar-refractivity contribution in [1.82, 2.24) is 10.2 Å². The lowest BCUT2D eigenvalue weighted by atomic mass is 9.84. The van der Waals surface area contributed by atoms with Crippen LogP contribution in [0.3, 0.4) is 0 Å². The van der Waals surface area contributed by atoms with E-state index in [2.05, 4.69) is 38.3 Å². The quantitative estimate of drug-likeness (QED) is 0.918. The van der Waals surface area contributed by atoms with Gasteiger partial charge in [-0.1, -0.05) is 15.9 Å². The molecular weight excluding hydrogens is 316 g/mol. The second-order valence-electron chi connectivity index (χ2n) is 6.28. The fourth-order valence-electron chi connectivity index (χ4n) is 3.91. The molecule has 0 amide bonds. The predicted octanol–water partition coefficient (Wildman–Crippen LogP) is 2.57. The minimum absolute atomic E-state index is 0.661. The molecule has 1 N–H and O–H groups in total. The summed E-state index contributed by atoms with van der Waals surface area (Å²) in [5.41, 5.74) is 2.66. The molecule has 3 fully saturated rings. The summed E-state index contributed by atoms with van der Waals surface area (Å²) in [7, 11) is 0. The summed E-state index contributed by atoms with van der Waals surface area (Å²) in [5, 5.41) is 3.78. The Morgan fingerprint density at radius 1 is 1.30 bits per heavy atom. The molecular formula is C16H21BrN2O. The molecule has 5 rings (SSSR count). The van der Waals surface area contributed by atoms with E-state index in [4.69, 9.17) is 4.74 Å². The Balaban J connectivity index is 1.47. The van der Waals surface area contributed by atoms with Crippen LogP contribution in [0.2, 0.25) is 0 Å². The molecule has 20 heavy (non-hydrogen) atoms. The summed E-state index contributed by atoms with van der Waals surface area (Å²) in [6, 6.07) is 5.06. The van der Waals surface area contributed by atoms with Crippen molar-refractivity contribution in [1.29, 1.82) is 0 Å². The molecule has 1 atom stereocenters. The first-order valence-corrected chi connectivity index (χ1v) is 8.49. The summed E-state index contributed by atoms with van der Waals surface area (Å²) in [6.45, 7) is 5.59. The molecule has 2 bridgehead atoms. The van der Waals surface area contributed by atoms with E-state index in [0.717, 1.165) is 31.2 Å². The van der Waals surface area contributed by atoms with Crippen molar-refractivity contribution in [2.24, 2.45) is 5.92 Å². The van der Waals surface area contributed by atoms with Crippen LogP contribution in [0.25, 0.3) is 0 Å². The zero-order valence-electron chi connectivity index (χ0n) is 11.7. The van der Waals surface area contributed by atoms with Crippen LogP contribution < -0.4 is 10.1 Å². The molecule has 3 saturated heterocycles. The van der Waals surface area contributed by atoms with Crippen LogP contribution in [0.1, 0.15) is 24.0 Å². The Bertz CT molecular complexity index is 511. The van der Waals surface area contributed by atoms with Gasteiger partial charge in [0.15, 0.2) is 0 Å². The molecule has 1 unspecified atom stereocenters. The zero-order valence-corrected chi connectivity index (χ0v) is 13.3. The summed E-state index contributed by atoms with van der Waals surface area (Å²) in [5.74, 6) is 2.00. The van der Waals surface area contributed by atoms with E-state index in [1.54, 1.807) is 0 Å². The molecule has 4 heterocycles. The third-order valence-electron chi connectivity index (χ3n) is 5.04. The highest BCUT2D eigenvalue weighted by Gasteiger charge is 2.33. The molecule has 1 aromatic carbocycles. The van der Waals surface area contributed by atoms with E-state index in [-0.39, 0.29) is 0 Å². The van der Waals surface area contributed by atoms with E-state index in [1.165, 1.54) is 48.1 Å². The highest BCUT2D eigenvalue weighted by atomic mass is 79.9. The van der Waals surface area contributed by atoms with Gasteiger partial charge in [0.05, 0.1) is 6.61 Å². The van der Waals surface area contributed by atoms with Gasteiger partial charge in [-0.2, -0.15) is 0 Å². The third-order valence-corrected chi connectivity index (χ3v) is 5.49. The van der Waals surface area contributed by atoms with Crippen LogP contribution in [-0.2, 0) is 13.0 Å². The summed E-state index contributed by atoms with van der Waals surface area (Å²) in [6.07, 6.45) is 3.77. The average molecular weight is 337 g/mol. The summed E-state index contributed by atoms with van der Waals surface area (Å²) in [4.78, 5) is 2.60. The molecule has 0 aliphatic carbocycles. The van der Waals surface area contributed by atoms with E-state index >= 15 is 0 Å². The maximum Gasteiger partial charge on any atom is 0.127 e. The largest absolute Gasteiger partial charge is 0.493 e. The van der Waals surface area contributed by atoms with E-state index in [0.29, 0.717) is 6.04 Å². The van der Waals surface area contributed by atoms with Gasteiger partial charge in [-0.25, -0.2) is 0 Å². The third kappa shape index (κ3) is 2.38. The van der Waals surface area contributed by atoms with Crippen molar-refractivity contribution in [3.63, 3.8) is 0 Å². The molecule has 4 aliphatic rings. The minimum atomic E-state index is 0.661. The van der Waals surface area contributed by atoms with Crippen LogP contribution in [0, 0.1) is 5.92 Å². The van der Waals surface area contributed by atoms with E-state index in [9.17, 15) is 0 Å². The van der Waals surface area contributed by atoms with Crippen LogP contribution in [0.15, 0.2) is 16.6 Å². The van der Waals surface area contributed by atoms with Gasteiger partial charge in [-0.3, -0.25) is 0 Å². The fourth-order valence-corrected chi connectivity index (χ4v) is 4.47. The van der Waals surface area contributed by atoms with Gasteiger partial charge in [0.25, 0.3) is 0 Å². The molecule has 0 spiro atoms. The van der Waals surface area contributed by atoms with Crippen LogP contribution in [-0.4, -0.2) is 37.2 Å². The maximum absolute atomic E-state index is 5.82. The van der Waals surface area contributed by atoms with Crippen LogP contribution in [0.5, 0.6) is 5.75 Å². The summed E-state index contributed by atoms with van der Waals surface area (Å²) >= 11 is 3.62. The second-order valence-corrected chi connectivity index (χ2v) is 7.19. The number of hydrogen-bond acceptors (Lipinski definition) is 3. The number of ether oxygens (including phenoxy) is 1. The lowest BCUT2D eigenvalue weighted by Gasteiger charge is -2.45. The molecule has 1 aromatic rings. The number of nitrogens with zero attached hydrogens (tertiary/aromatic N) is 1. The Hall–Kier alpha value is -0.580. The average Bonchev–Trinajstić information content (AvgIpc) is 2.94. The van der Waals surface area contributed by atoms with Gasteiger partial charge >= 0.3 is 0 Å². The smallest absolute Gasteiger partial charge is 0.127 e. The highest BCUT2D eigenvalue weighted by Crippen LogP contribution is 2.33. The Morgan fingerprint density at radius 2 is 2.15 bits per heavy atom. The standard InChI is InChI=1S/C16H21BrN2O/c17-14-7-12-3-6-20-16(12)13(8-14)9-18-15-10-19-4-1-11(15)2-5-19/h7-8,11,15,18H,1-6,9-10H2. The van der Waals surface area contributed by atoms with Crippen molar-refractivity contribution in [2.75, 3.05) is 26.2 Å². The number of nitrogens with one attached hydrogen (secondary N) is 1. The molecule has 0 saturated carbocycles. The Labute approximate surface area is 128 Å². The second kappa shape index (κ2) is 5.32. The minimum Gasteiger partial charge on any atom is -0.493 e. The number of hydrogen-bond donors (Lipinski definition) is 1. The van der Waals surface area contributed by atoms with Gasteiger partial charge in [-0.15, -0.1) is 0 Å². The van der Waals surface area contributed by atoms with Crippen molar-refractivity contribution < 1.29 is 4.74 Å². The van der Waals surface area contributed by atoms with Gasteiger partial charge in [-0.05, 0) is 49.5 Å². The SMILES string of the molecule is Brc1cc2c(c(CNC3CN4CCC3CC4)c1)OCC2. The molecule has 3 nitrogen and oxygen atoms in total. The van der Waals surface area contributed by atoms with E-state index < -0.39 is 0 Å². The van der Waals surface area contributed by atoms with Crippen LogP contribution >= 0.6 is 15.9 Å². The van der Waals surface area contributed by atoms with Crippen molar-refractivity contribution in [3.8, 4) is 5.75 Å². The topological polar surface area (TPSA) is 24.5 Å². The van der Waals surface area contributed by atoms with Crippen molar-refractivity contribution in [2.45, 2.75) is 31.8 Å². The lowest BCUT2D eigenvalue weighted by molar-refractivity contribution is 0.0719. The summed E-state index contributed by atoms with van der Waals surface area (Å²) < 4.78 is 6.99. The molecule has 4 aliphatic heterocycles. The van der Waals surface area contributed by atoms with E-state index in [1.807, 2.05) is 0 Å². The van der Waals surface area contributed by atoms with Crippen molar-refractivity contribution >= 4 is 15.9 Å². The van der Waals surface area contributed by atoms with Gasteiger partial charge < -0.3 is 15.0 Å². The fraction of sp³-hybridized carbons (Fsp3) is 0.625. The number of fused-ring (bicyclic) bond motifs is 4. The monoisotopic (exact) mass is 336 g/mol.